The quantitative estimate of drug-likeness (QED) is 0.603. The molecule has 1 N–H and O–H groups in total. The molecule has 1 amide bonds. The summed E-state index contributed by atoms with van der Waals surface area (Å²) in [5, 5.41) is 11.4. The van der Waals surface area contributed by atoms with E-state index in [1.165, 1.54) is 4.90 Å². The number of fused-ring (bicyclic) bond motifs is 2. The number of rotatable bonds is 6. The summed E-state index contributed by atoms with van der Waals surface area (Å²) in [4.78, 5) is 27.9. The predicted octanol–water partition coefficient (Wildman–Crippen LogP) is 3.94. The SMILES string of the molecule is O=C(C[C@]1(O)C(=O)N(C/C=C\c2ccccc2)c2ccccc21)c1ccc2c(c1)OCO2. The van der Waals surface area contributed by atoms with Gasteiger partial charge in [0.2, 0.25) is 6.79 Å². The van der Waals surface area contributed by atoms with E-state index in [1.807, 2.05) is 48.6 Å². The summed E-state index contributed by atoms with van der Waals surface area (Å²) in [6, 6.07) is 21.7. The molecule has 6 heteroatoms. The minimum absolute atomic E-state index is 0.105. The average Bonchev–Trinajstić information content (AvgIpc) is 3.37. The number of carbonyl (C=O) groups is 2. The zero-order chi connectivity index (χ0) is 22.1. The predicted molar refractivity (Wildman–Crippen MR) is 120 cm³/mol. The third-order valence-electron chi connectivity index (χ3n) is 5.75. The molecule has 1 atom stereocenters. The highest BCUT2D eigenvalue weighted by molar-refractivity contribution is 6.11. The van der Waals surface area contributed by atoms with Gasteiger partial charge in [-0.2, -0.15) is 0 Å². The third-order valence-corrected chi connectivity index (χ3v) is 5.75. The van der Waals surface area contributed by atoms with Crippen LogP contribution in [0.4, 0.5) is 5.69 Å². The van der Waals surface area contributed by atoms with Gasteiger partial charge < -0.3 is 19.5 Å². The van der Waals surface area contributed by atoms with Crippen LogP contribution in [0.25, 0.3) is 6.08 Å². The Kier molecular flexibility index (Phi) is 4.99. The molecule has 2 aliphatic rings. The van der Waals surface area contributed by atoms with Gasteiger partial charge in [-0.3, -0.25) is 9.59 Å². The molecule has 0 saturated heterocycles. The van der Waals surface area contributed by atoms with Crippen LogP contribution in [0, 0.1) is 0 Å². The first-order valence-electron chi connectivity index (χ1n) is 10.3. The summed E-state index contributed by atoms with van der Waals surface area (Å²) in [6.07, 6.45) is 3.43. The number of ketones is 1. The summed E-state index contributed by atoms with van der Waals surface area (Å²) in [6.45, 7) is 0.388. The van der Waals surface area contributed by atoms with E-state index in [4.69, 9.17) is 9.47 Å². The van der Waals surface area contributed by atoms with Gasteiger partial charge in [0, 0.05) is 17.7 Å². The van der Waals surface area contributed by atoms with Crippen LogP contribution in [0.1, 0.15) is 27.9 Å². The molecular weight excluding hydrogens is 406 g/mol. The molecule has 160 valence electrons. The maximum absolute atomic E-state index is 13.3. The number of Topliss-reactive ketones (excluding diaryl/α,β-unsaturated/α-hetero) is 1. The Bertz CT molecular complexity index is 1220. The number of hydrogen-bond acceptors (Lipinski definition) is 5. The molecule has 0 bridgehead atoms. The van der Waals surface area contributed by atoms with Gasteiger partial charge in [0.1, 0.15) is 0 Å². The summed E-state index contributed by atoms with van der Waals surface area (Å²) in [7, 11) is 0. The van der Waals surface area contributed by atoms with E-state index in [1.54, 1.807) is 36.4 Å². The van der Waals surface area contributed by atoms with Gasteiger partial charge in [-0.15, -0.1) is 0 Å². The molecule has 0 radical (unpaired) electrons. The first-order chi connectivity index (χ1) is 15.6. The molecule has 2 heterocycles. The van der Waals surface area contributed by atoms with E-state index in [0.717, 1.165) is 5.56 Å². The van der Waals surface area contributed by atoms with Crippen LogP contribution in [-0.2, 0) is 10.4 Å². The molecule has 0 aromatic heterocycles. The van der Waals surface area contributed by atoms with Crippen molar-refractivity contribution in [1.82, 2.24) is 0 Å². The molecule has 2 aliphatic heterocycles. The second kappa shape index (κ2) is 7.98. The number of nitrogens with zero attached hydrogens (tertiary/aromatic N) is 1. The number of para-hydroxylation sites is 1. The van der Waals surface area contributed by atoms with Crippen LogP contribution in [0.5, 0.6) is 11.5 Å². The van der Waals surface area contributed by atoms with E-state index < -0.39 is 11.5 Å². The minimum atomic E-state index is -1.93. The molecule has 3 aromatic carbocycles. The molecule has 0 fully saturated rings. The average molecular weight is 427 g/mol. The Morgan fingerprint density at radius 3 is 2.59 bits per heavy atom. The Hall–Kier alpha value is -3.90. The number of hydrogen-bond donors (Lipinski definition) is 1. The lowest BCUT2D eigenvalue weighted by atomic mass is 9.88. The Morgan fingerprint density at radius 1 is 1.00 bits per heavy atom. The van der Waals surface area contributed by atoms with Crippen molar-refractivity contribution in [3.8, 4) is 11.5 Å². The molecule has 0 aliphatic carbocycles. The minimum Gasteiger partial charge on any atom is -0.454 e. The zero-order valence-electron chi connectivity index (χ0n) is 17.2. The summed E-state index contributed by atoms with van der Waals surface area (Å²) in [5.74, 6) is 0.189. The fraction of sp³-hybridized carbons (Fsp3) is 0.154. The third kappa shape index (κ3) is 3.44. The highest BCUT2D eigenvalue weighted by Crippen LogP contribution is 2.43. The fourth-order valence-corrected chi connectivity index (χ4v) is 4.12. The van der Waals surface area contributed by atoms with Crippen LogP contribution >= 0.6 is 0 Å². The van der Waals surface area contributed by atoms with Crippen molar-refractivity contribution in [1.29, 1.82) is 0 Å². The number of amides is 1. The lowest BCUT2D eigenvalue weighted by molar-refractivity contribution is -0.135. The first-order valence-corrected chi connectivity index (χ1v) is 10.3. The largest absolute Gasteiger partial charge is 0.454 e. The summed E-state index contributed by atoms with van der Waals surface area (Å²) >= 11 is 0. The van der Waals surface area contributed by atoms with Gasteiger partial charge in [0.25, 0.3) is 5.91 Å². The molecule has 5 rings (SSSR count). The lowest BCUT2D eigenvalue weighted by Gasteiger charge is -2.22. The van der Waals surface area contributed by atoms with E-state index in [-0.39, 0.29) is 25.5 Å². The number of carbonyl (C=O) groups excluding carboxylic acids is 2. The molecule has 0 saturated carbocycles. The summed E-state index contributed by atoms with van der Waals surface area (Å²) in [5.41, 5.74) is 0.490. The molecular formula is C26H21NO5. The fourth-order valence-electron chi connectivity index (χ4n) is 4.12. The smallest absolute Gasteiger partial charge is 0.264 e. The monoisotopic (exact) mass is 427 g/mol. The molecule has 6 nitrogen and oxygen atoms in total. The lowest BCUT2D eigenvalue weighted by Crippen LogP contribution is -2.42. The normalized spacial score (nSPS) is 18.9. The first kappa shape index (κ1) is 20.0. The van der Waals surface area contributed by atoms with Crippen LogP contribution in [0.3, 0.4) is 0 Å². The highest BCUT2D eigenvalue weighted by Gasteiger charge is 2.50. The number of anilines is 1. The topological polar surface area (TPSA) is 76.1 Å². The van der Waals surface area contributed by atoms with Gasteiger partial charge in [-0.05, 0) is 29.8 Å². The standard InChI is InChI=1S/C26H21NO5/c28-22(19-12-13-23-24(15-19)32-17-31-23)16-26(30)20-10-4-5-11-21(20)27(25(26)29)14-6-9-18-7-2-1-3-8-18/h1-13,15,30H,14,16-17H2/b9-6-/t26-/m1/s1. The number of benzene rings is 3. The van der Waals surface area contributed by atoms with Crippen LogP contribution in [-0.4, -0.2) is 30.1 Å². The molecule has 0 spiro atoms. The van der Waals surface area contributed by atoms with Gasteiger partial charge in [-0.25, -0.2) is 0 Å². The van der Waals surface area contributed by atoms with Crippen molar-refractivity contribution in [3.05, 3.63) is 95.6 Å². The van der Waals surface area contributed by atoms with E-state index in [0.29, 0.717) is 28.3 Å². The van der Waals surface area contributed by atoms with Gasteiger partial charge in [0.15, 0.2) is 22.9 Å². The van der Waals surface area contributed by atoms with Crippen LogP contribution in [0.15, 0.2) is 78.9 Å². The van der Waals surface area contributed by atoms with Crippen molar-refractivity contribution in [2.75, 3.05) is 18.2 Å². The molecule has 0 unspecified atom stereocenters. The Morgan fingerprint density at radius 2 is 1.75 bits per heavy atom. The van der Waals surface area contributed by atoms with E-state index in [9.17, 15) is 14.7 Å². The van der Waals surface area contributed by atoms with Crippen LogP contribution in [0.2, 0.25) is 0 Å². The zero-order valence-corrected chi connectivity index (χ0v) is 17.2. The van der Waals surface area contributed by atoms with Crippen molar-refractivity contribution < 1.29 is 24.2 Å². The maximum atomic E-state index is 13.3. The van der Waals surface area contributed by atoms with Gasteiger partial charge in [0.05, 0.1) is 12.1 Å². The van der Waals surface area contributed by atoms with Gasteiger partial charge in [-0.1, -0.05) is 60.7 Å². The van der Waals surface area contributed by atoms with Crippen molar-refractivity contribution in [2.45, 2.75) is 12.0 Å². The Balaban J connectivity index is 1.40. The molecule has 32 heavy (non-hydrogen) atoms. The second-order valence-corrected chi connectivity index (χ2v) is 7.77. The van der Waals surface area contributed by atoms with Crippen molar-refractivity contribution in [2.24, 2.45) is 0 Å². The number of ether oxygens (including phenoxy) is 2. The highest BCUT2D eigenvalue weighted by atomic mass is 16.7. The van der Waals surface area contributed by atoms with Crippen LogP contribution < -0.4 is 14.4 Å². The number of aliphatic hydroxyl groups is 1. The van der Waals surface area contributed by atoms with Crippen molar-refractivity contribution in [3.63, 3.8) is 0 Å². The maximum Gasteiger partial charge on any atom is 0.264 e. The molecule has 3 aromatic rings. The van der Waals surface area contributed by atoms with Gasteiger partial charge >= 0.3 is 0 Å². The Labute approximate surface area is 185 Å². The van der Waals surface area contributed by atoms with Crippen molar-refractivity contribution >= 4 is 23.5 Å². The summed E-state index contributed by atoms with van der Waals surface area (Å²) < 4.78 is 10.6. The van der Waals surface area contributed by atoms with E-state index in [2.05, 4.69) is 0 Å². The second-order valence-electron chi connectivity index (χ2n) is 7.77. The van der Waals surface area contributed by atoms with E-state index >= 15 is 0 Å².